The van der Waals surface area contributed by atoms with Crippen LogP contribution in [0.2, 0.25) is 0 Å². The lowest BCUT2D eigenvalue weighted by Crippen LogP contribution is -2.06. The van der Waals surface area contributed by atoms with Crippen molar-refractivity contribution < 1.29 is 0 Å². The minimum atomic E-state index is 0.703. The van der Waals surface area contributed by atoms with Crippen molar-refractivity contribution in [3.05, 3.63) is 28.7 Å². The average molecular weight is 296 g/mol. The van der Waals surface area contributed by atoms with Crippen molar-refractivity contribution in [3.8, 4) is 11.4 Å². The molecule has 1 heterocycles. The van der Waals surface area contributed by atoms with Crippen LogP contribution in [0.25, 0.3) is 11.4 Å². The van der Waals surface area contributed by atoms with E-state index in [1.807, 2.05) is 28.9 Å². The fourth-order valence-corrected chi connectivity index (χ4v) is 1.99. The standard InChI is InChI=1S/C11H14BrN5/c12-10-5-3-4-9(8-10)11-14-15-16-17(11)7-2-1-6-13/h3-5,8H,1-2,6-7,13H2. The van der Waals surface area contributed by atoms with Gasteiger partial charge in [0.1, 0.15) is 0 Å². The Kier molecular flexibility index (Phi) is 4.22. The first-order valence-corrected chi connectivity index (χ1v) is 6.33. The molecule has 0 aliphatic rings. The van der Waals surface area contributed by atoms with E-state index < -0.39 is 0 Å². The van der Waals surface area contributed by atoms with Gasteiger partial charge in [-0.1, -0.05) is 28.1 Å². The molecule has 0 amide bonds. The van der Waals surface area contributed by atoms with E-state index in [1.165, 1.54) is 0 Å². The van der Waals surface area contributed by atoms with Crippen molar-refractivity contribution in [2.45, 2.75) is 19.4 Å². The largest absolute Gasteiger partial charge is 0.330 e. The van der Waals surface area contributed by atoms with Crippen molar-refractivity contribution in [1.82, 2.24) is 20.2 Å². The number of halogens is 1. The second kappa shape index (κ2) is 5.88. The summed E-state index contributed by atoms with van der Waals surface area (Å²) < 4.78 is 2.84. The van der Waals surface area contributed by atoms with Crippen LogP contribution in [0.5, 0.6) is 0 Å². The number of hydrogen-bond donors (Lipinski definition) is 1. The summed E-state index contributed by atoms with van der Waals surface area (Å²) in [5.41, 5.74) is 6.48. The van der Waals surface area contributed by atoms with E-state index in [4.69, 9.17) is 5.73 Å². The second-order valence-electron chi connectivity index (χ2n) is 3.73. The molecule has 2 rings (SSSR count). The number of nitrogens with two attached hydrogens (primary N) is 1. The maximum atomic E-state index is 5.47. The maximum absolute atomic E-state index is 5.47. The third-order valence-corrected chi connectivity index (χ3v) is 2.93. The Morgan fingerprint density at radius 2 is 2.18 bits per heavy atom. The maximum Gasteiger partial charge on any atom is 0.182 e. The van der Waals surface area contributed by atoms with E-state index in [9.17, 15) is 0 Å². The summed E-state index contributed by atoms with van der Waals surface area (Å²) in [4.78, 5) is 0. The molecule has 5 nitrogen and oxygen atoms in total. The monoisotopic (exact) mass is 295 g/mol. The molecule has 0 saturated heterocycles. The van der Waals surface area contributed by atoms with Crippen LogP contribution in [0.15, 0.2) is 28.7 Å². The van der Waals surface area contributed by atoms with E-state index in [-0.39, 0.29) is 0 Å². The molecular weight excluding hydrogens is 282 g/mol. The van der Waals surface area contributed by atoms with E-state index in [2.05, 4.69) is 31.5 Å². The SMILES string of the molecule is NCCCCn1nnnc1-c1cccc(Br)c1. The third-order valence-electron chi connectivity index (χ3n) is 2.44. The molecule has 1 aromatic carbocycles. The summed E-state index contributed by atoms with van der Waals surface area (Å²) in [6.45, 7) is 1.50. The first-order valence-electron chi connectivity index (χ1n) is 5.53. The highest BCUT2D eigenvalue weighted by atomic mass is 79.9. The van der Waals surface area contributed by atoms with E-state index in [0.717, 1.165) is 35.2 Å². The van der Waals surface area contributed by atoms with Crippen LogP contribution in [0, 0.1) is 0 Å². The van der Waals surface area contributed by atoms with Gasteiger partial charge in [0.2, 0.25) is 0 Å². The lowest BCUT2D eigenvalue weighted by atomic mass is 10.2. The van der Waals surface area contributed by atoms with Crippen molar-refractivity contribution in [2.75, 3.05) is 6.54 Å². The predicted molar refractivity (Wildman–Crippen MR) is 69.2 cm³/mol. The van der Waals surface area contributed by atoms with Crippen molar-refractivity contribution in [1.29, 1.82) is 0 Å². The van der Waals surface area contributed by atoms with Gasteiger partial charge in [-0.3, -0.25) is 0 Å². The zero-order chi connectivity index (χ0) is 12.1. The lowest BCUT2D eigenvalue weighted by molar-refractivity contribution is 0.548. The molecule has 0 saturated carbocycles. The molecule has 0 radical (unpaired) electrons. The Balaban J connectivity index is 2.18. The molecule has 6 heteroatoms. The summed E-state index contributed by atoms with van der Waals surface area (Å²) in [7, 11) is 0. The fourth-order valence-electron chi connectivity index (χ4n) is 1.60. The topological polar surface area (TPSA) is 69.6 Å². The van der Waals surface area contributed by atoms with Gasteiger partial charge in [-0.05, 0) is 41.9 Å². The van der Waals surface area contributed by atoms with Crippen LogP contribution in [-0.4, -0.2) is 26.8 Å². The summed E-state index contributed by atoms with van der Waals surface area (Å²) >= 11 is 3.44. The van der Waals surface area contributed by atoms with Crippen molar-refractivity contribution in [2.24, 2.45) is 5.73 Å². The van der Waals surface area contributed by atoms with Crippen LogP contribution in [0.4, 0.5) is 0 Å². The van der Waals surface area contributed by atoms with E-state index in [1.54, 1.807) is 0 Å². The van der Waals surface area contributed by atoms with Gasteiger partial charge in [-0.15, -0.1) is 5.10 Å². The van der Waals surface area contributed by atoms with Crippen LogP contribution in [-0.2, 0) is 6.54 Å². The average Bonchev–Trinajstić information content (AvgIpc) is 2.78. The Morgan fingerprint density at radius 3 is 2.94 bits per heavy atom. The first kappa shape index (κ1) is 12.2. The number of hydrogen-bond acceptors (Lipinski definition) is 4. The summed E-state index contributed by atoms with van der Waals surface area (Å²) in [5, 5.41) is 11.8. The minimum Gasteiger partial charge on any atom is -0.330 e. The van der Waals surface area contributed by atoms with Gasteiger partial charge in [0.05, 0.1) is 0 Å². The zero-order valence-electron chi connectivity index (χ0n) is 9.38. The summed E-state index contributed by atoms with van der Waals surface area (Å²) in [6, 6.07) is 7.95. The molecule has 2 aromatic rings. The normalized spacial score (nSPS) is 10.7. The third kappa shape index (κ3) is 3.10. The smallest absolute Gasteiger partial charge is 0.182 e. The molecule has 0 bridgehead atoms. The predicted octanol–water partition coefficient (Wildman–Crippen LogP) is 1.84. The molecular formula is C11H14BrN5. The number of aryl methyl sites for hydroxylation is 1. The molecule has 2 N–H and O–H groups in total. The van der Waals surface area contributed by atoms with Gasteiger partial charge in [-0.25, -0.2) is 4.68 Å². The first-order chi connectivity index (χ1) is 8.31. The molecule has 0 atom stereocenters. The van der Waals surface area contributed by atoms with E-state index in [0.29, 0.717) is 6.54 Å². The fraction of sp³-hybridized carbons (Fsp3) is 0.364. The molecule has 0 spiro atoms. The number of tetrazole rings is 1. The second-order valence-corrected chi connectivity index (χ2v) is 4.65. The molecule has 90 valence electrons. The summed E-state index contributed by atoms with van der Waals surface area (Å²) in [6.07, 6.45) is 1.97. The molecule has 17 heavy (non-hydrogen) atoms. The molecule has 0 unspecified atom stereocenters. The van der Waals surface area contributed by atoms with Gasteiger partial charge in [0.25, 0.3) is 0 Å². The Labute approximate surface area is 108 Å². The highest BCUT2D eigenvalue weighted by Crippen LogP contribution is 2.20. The quantitative estimate of drug-likeness (QED) is 0.855. The Bertz CT molecular complexity index is 482. The van der Waals surface area contributed by atoms with Gasteiger partial charge in [-0.2, -0.15) is 0 Å². The highest BCUT2D eigenvalue weighted by molar-refractivity contribution is 9.10. The van der Waals surface area contributed by atoms with Crippen molar-refractivity contribution >= 4 is 15.9 Å². The molecule has 0 aliphatic heterocycles. The number of unbranched alkanes of at least 4 members (excludes halogenated alkanes) is 1. The molecule has 1 aromatic heterocycles. The van der Waals surface area contributed by atoms with Crippen LogP contribution >= 0.6 is 15.9 Å². The Morgan fingerprint density at radius 1 is 1.29 bits per heavy atom. The number of nitrogens with zero attached hydrogens (tertiary/aromatic N) is 4. The number of benzene rings is 1. The van der Waals surface area contributed by atoms with Crippen molar-refractivity contribution in [3.63, 3.8) is 0 Å². The minimum absolute atomic E-state index is 0.703. The van der Waals surface area contributed by atoms with Gasteiger partial charge in [0.15, 0.2) is 5.82 Å². The lowest BCUT2D eigenvalue weighted by Gasteiger charge is -2.04. The highest BCUT2D eigenvalue weighted by Gasteiger charge is 2.08. The van der Waals surface area contributed by atoms with Crippen LogP contribution < -0.4 is 5.73 Å². The van der Waals surface area contributed by atoms with E-state index >= 15 is 0 Å². The summed E-state index contributed by atoms with van der Waals surface area (Å²) in [5.74, 6) is 0.795. The van der Waals surface area contributed by atoms with Gasteiger partial charge < -0.3 is 5.73 Å². The van der Waals surface area contributed by atoms with Crippen LogP contribution in [0.3, 0.4) is 0 Å². The van der Waals surface area contributed by atoms with Crippen LogP contribution in [0.1, 0.15) is 12.8 Å². The number of rotatable bonds is 5. The number of aromatic nitrogens is 4. The van der Waals surface area contributed by atoms with Gasteiger partial charge in [0, 0.05) is 16.6 Å². The molecule has 0 fully saturated rings. The Hall–Kier alpha value is -1.27. The zero-order valence-corrected chi connectivity index (χ0v) is 11.0. The molecule has 0 aliphatic carbocycles. The van der Waals surface area contributed by atoms with Gasteiger partial charge >= 0.3 is 0 Å².